The zero-order valence-corrected chi connectivity index (χ0v) is 37.3. The molecule has 322 valence electrons. The lowest BCUT2D eigenvalue weighted by Gasteiger charge is -2.44. The van der Waals surface area contributed by atoms with Gasteiger partial charge in [-0.1, -0.05) is 126 Å². The summed E-state index contributed by atoms with van der Waals surface area (Å²) < 4.78 is 12.6. The van der Waals surface area contributed by atoms with Crippen LogP contribution in [-0.4, -0.2) is 85.5 Å². The molecule has 3 N–H and O–H groups in total. The lowest BCUT2D eigenvalue weighted by atomic mass is 9.94. The van der Waals surface area contributed by atoms with Crippen LogP contribution in [0.3, 0.4) is 0 Å². The molecule has 11 nitrogen and oxygen atoms in total. The summed E-state index contributed by atoms with van der Waals surface area (Å²) in [6, 6.07) is 25.1. The minimum atomic E-state index is -2.92. The Balaban J connectivity index is 1.24. The molecule has 4 amide bonds. The number of hydrogen-bond acceptors (Lipinski definition) is 7. The number of rotatable bonds is 17. The number of carbonyl (C=O) groups is 5. The maximum Gasteiger partial charge on any atom is 0.262 e. The molecule has 2 saturated heterocycles. The van der Waals surface area contributed by atoms with Crippen LogP contribution in [-0.2, 0) is 34.8 Å². The Morgan fingerprint density at radius 1 is 0.900 bits per heavy atom. The number of hydrogen-bond donors (Lipinski definition) is 3. The van der Waals surface area contributed by atoms with Gasteiger partial charge in [0.2, 0.25) is 23.6 Å². The van der Waals surface area contributed by atoms with E-state index in [1.54, 1.807) is 37.0 Å². The number of ketones is 1. The van der Waals surface area contributed by atoms with Crippen molar-refractivity contribution in [3.8, 4) is 5.75 Å². The predicted octanol–water partition coefficient (Wildman–Crippen LogP) is 5.54. The topological polar surface area (TPSA) is 143 Å². The van der Waals surface area contributed by atoms with E-state index in [0.717, 1.165) is 15.9 Å². The quantitative estimate of drug-likeness (QED) is 0.0922. The fourth-order valence-corrected chi connectivity index (χ4v) is 13.1. The number of carbonyl (C=O) groups excluding carboxylic acids is 5. The Kier molecular flexibility index (Phi) is 15.7. The van der Waals surface area contributed by atoms with Gasteiger partial charge in [0.15, 0.2) is 5.78 Å². The van der Waals surface area contributed by atoms with Crippen LogP contribution >= 0.6 is 0 Å². The summed E-state index contributed by atoms with van der Waals surface area (Å²) in [5.74, 6) is -1.000. The normalized spacial score (nSPS) is 22.0. The molecule has 5 atom stereocenters. The molecule has 0 spiro atoms. The van der Waals surface area contributed by atoms with Gasteiger partial charge in [-0.05, 0) is 79.1 Å². The van der Waals surface area contributed by atoms with Crippen LogP contribution in [0.2, 0.25) is 5.04 Å². The highest BCUT2D eigenvalue weighted by Crippen LogP contribution is 2.38. The second kappa shape index (κ2) is 20.5. The van der Waals surface area contributed by atoms with Gasteiger partial charge in [-0.2, -0.15) is 0 Å². The highest BCUT2D eigenvalue weighted by molar-refractivity contribution is 6.99. The summed E-state index contributed by atoms with van der Waals surface area (Å²) in [5, 5.41) is 10.8. The summed E-state index contributed by atoms with van der Waals surface area (Å²) in [5.41, 5.74) is -0.546. The minimum absolute atomic E-state index is 0.0172. The zero-order valence-electron chi connectivity index (χ0n) is 36.3. The van der Waals surface area contributed by atoms with Crippen LogP contribution < -0.4 is 31.1 Å². The molecule has 12 heteroatoms. The fraction of sp³-hybridized carbons (Fsp3) is 0.479. The molecule has 0 saturated carbocycles. The van der Waals surface area contributed by atoms with E-state index in [2.05, 4.69) is 67.6 Å². The molecule has 2 fully saturated rings. The molecule has 2 aliphatic rings. The molecule has 0 aromatic heterocycles. The van der Waals surface area contributed by atoms with Crippen molar-refractivity contribution < 1.29 is 33.1 Å². The van der Waals surface area contributed by atoms with Gasteiger partial charge in [0.1, 0.15) is 42.1 Å². The average molecular weight is 837 g/mol. The van der Waals surface area contributed by atoms with Gasteiger partial charge in [-0.15, -0.1) is 0 Å². The number of unbranched alkanes of at least 4 members (excludes halogenated alkanes) is 2. The van der Waals surface area contributed by atoms with Crippen molar-refractivity contribution in [1.82, 2.24) is 20.9 Å². The van der Waals surface area contributed by atoms with Crippen molar-refractivity contribution in [2.75, 3.05) is 13.2 Å². The third-order valence-corrected chi connectivity index (χ3v) is 17.2. The highest BCUT2D eigenvalue weighted by atomic mass is 28.4. The Labute approximate surface area is 357 Å². The van der Waals surface area contributed by atoms with Crippen LogP contribution in [0.1, 0.15) is 98.5 Å². The van der Waals surface area contributed by atoms with E-state index >= 15 is 0 Å². The number of nitrogens with zero attached hydrogens (tertiary/aromatic N) is 1. The monoisotopic (exact) mass is 836 g/mol. The average Bonchev–Trinajstić information content (AvgIpc) is 3.74. The number of fused-ring (bicyclic) bond motifs is 1. The third kappa shape index (κ3) is 10.8. The second-order valence-electron chi connectivity index (χ2n) is 17.4. The van der Waals surface area contributed by atoms with Crippen LogP contribution in [0.15, 0.2) is 97.6 Å². The van der Waals surface area contributed by atoms with E-state index in [1.807, 2.05) is 55.5 Å². The molecule has 0 unspecified atom stereocenters. The molecule has 0 radical (unpaired) electrons. The molecular formula is C48H64N4O7Si. The Morgan fingerprint density at radius 3 is 2.12 bits per heavy atom. The molecule has 3 aromatic rings. The zero-order chi connectivity index (χ0) is 43.5. The van der Waals surface area contributed by atoms with Gasteiger partial charge in [-0.25, -0.2) is 0 Å². The van der Waals surface area contributed by atoms with E-state index in [0.29, 0.717) is 63.8 Å². The largest absolute Gasteiger partial charge is 0.490 e. The van der Waals surface area contributed by atoms with E-state index in [9.17, 15) is 24.0 Å². The molecule has 3 aromatic carbocycles. The number of ether oxygens (including phenoxy) is 1. The van der Waals surface area contributed by atoms with Gasteiger partial charge in [-0.3, -0.25) is 24.0 Å². The van der Waals surface area contributed by atoms with Crippen LogP contribution in [0, 0.1) is 0 Å². The number of Topliss-reactive ketones (excluding diaryl/α,β-unsaturated/α-hetero) is 1. The van der Waals surface area contributed by atoms with Crippen LogP contribution in [0.25, 0.3) is 0 Å². The number of nitrogens with one attached hydrogen (secondary N) is 3. The maximum atomic E-state index is 14.2. The molecule has 0 aliphatic carbocycles. The summed E-state index contributed by atoms with van der Waals surface area (Å²) in [6.07, 6.45) is 4.93. The van der Waals surface area contributed by atoms with Gasteiger partial charge in [0.05, 0.1) is 0 Å². The first-order chi connectivity index (χ1) is 28.6. The number of benzene rings is 3. The third-order valence-electron chi connectivity index (χ3n) is 12.1. The molecule has 2 heterocycles. The summed E-state index contributed by atoms with van der Waals surface area (Å²) >= 11 is 0. The van der Waals surface area contributed by atoms with E-state index in [-0.39, 0.29) is 29.6 Å². The second-order valence-corrected chi connectivity index (χ2v) is 21.6. The predicted molar refractivity (Wildman–Crippen MR) is 238 cm³/mol. The van der Waals surface area contributed by atoms with Crippen LogP contribution in [0.4, 0.5) is 0 Å². The van der Waals surface area contributed by atoms with Crippen molar-refractivity contribution in [2.45, 2.75) is 134 Å². The smallest absolute Gasteiger partial charge is 0.262 e. The molecule has 60 heavy (non-hydrogen) atoms. The SMILES string of the molecule is C=CCOc1ccc(C[C@@H]2NC(=O)[C@](C)(CC)NC(=O)[C@H](CCCCCC(=O)[C@@H](C)O[Si](c3ccccc3)(c3ccccc3)C(C)(C)C)NC(=O)[C@H]3CCCN3C2=O)cc1. The molecule has 0 bridgehead atoms. The van der Waals surface area contributed by atoms with Crippen molar-refractivity contribution in [2.24, 2.45) is 0 Å². The van der Waals surface area contributed by atoms with Gasteiger partial charge in [0, 0.05) is 19.4 Å². The van der Waals surface area contributed by atoms with E-state index in [4.69, 9.17) is 9.16 Å². The Hall–Kier alpha value is -5.07. The van der Waals surface area contributed by atoms with Crippen molar-refractivity contribution >= 4 is 48.1 Å². The van der Waals surface area contributed by atoms with E-state index < -0.39 is 55.8 Å². The van der Waals surface area contributed by atoms with Crippen LogP contribution in [0.5, 0.6) is 5.75 Å². The molecule has 5 rings (SSSR count). The van der Waals surface area contributed by atoms with Gasteiger partial charge >= 0.3 is 0 Å². The first-order valence-corrected chi connectivity index (χ1v) is 23.4. The van der Waals surface area contributed by atoms with Crippen molar-refractivity contribution in [3.63, 3.8) is 0 Å². The van der Waals surface area contributed by atoms with Crippen molar-refractivity contribution in [1.29, 1.82) is 0 Å². The lowest BCUT2D eigenvalue weighted by molar-refractivity contribution is -0.144. The minimum Gasteiger partial charge on any atom is -0.490 e. The van der Waals surface area contributed by atoms with Gasteiger partial charge in [0.25, 0.3) is 8.32 Å². The Bertz CT molecular complexity index is 1910. The van der Waals surface area contributed by atoms with E-state index in [1.165, 1.54) is 0 Å². The first-order valence-electron chi connectivity index (χ1n) is 21.5. The maximum absolute atomic E-state index is 14.2. The standard InChI is InChI=1S/C48H64N4O7Si/c1-8-32-58-36-29-27-35(28-30-36)33-40-45(56)52-31-19-25-41(52)44(55)49-39(43(54)51-48(7,9-2)46(57)50-40)24-17-12-18-26-42(53)34(3)59-60(47(4,5)6,37-20-13-10-14-21-37)38-22-15-11-16-23-38/h8,10-11,13-16,20-23,27-30,34,39-41H,1,9,12,17-19,24-26,31-33H2,2-7H3,(H,49,55)(H,50,57)(H,51,54)/t34-,39+,40+,41-,48+/m1/s1. The van der Waals surface area contributed by atoms with Crippen molar-refractivity contribution in [3.05, 3.63) is 103 Å². The Morgan fingerprint density at radius 2 is 1.53 bits per heavy atom. The van der Waals surface area contributed by atoms with Gasteiger partial charge < -0.3 is 30.0 Å². The number of amides is 4. The molecule has 2 aliphatic heterocycles. The first kappa shape index (κ1) is 46.0. The summed E-state index contributed by atoms with van der Waals surface area (Å²) in [4.78, 5) is 71.3. The summed E-state index contributed by atoms with van der Waals surface area (Å²) in [7, 11) is -2.92. The molecular weight excluding hydrogens is 773 g/mol. The lowest BCUT2D eigenvalue weighted by Crippen LogP contribution is -2.68. The summed E-state index contributed by atoms with van der Waals surface area (Å²) in [6.45, 7) is 16.2. The highest BCUT2D eigenvalue weighted by Gasteiger charge is 2.51. The fourth-order valence-electron chi connectivity index (χ4n) is 8.38.